The number of aryl methyl sites for hydroxylation is 1. The summed E-state index contributed by atoms with van der Waals surface area (Å²) in [6.07, 6.45) is -0.299. The summed E-state index contributed by atoms with van der Waals surface area (Å²) in [6, 6.07) is 9.83. The summed E-state index contributed by atoms with van der Waals surface area (Å²) in [4.78, 5) is 1.66. The largest absolute Gasteiger partial charge is 0.493 e. The fourth-order valence-electron chi connectivity index (χ4n) is 3.39. The Morgan fingerprint density at radius 1 is 1.19 bits per heavy atom. The van der Waals surface area contributed by atoms with Gasteiger partial charge in [0.2, 0.25) is 0 Å². The third-order valence-corrected chi connectivity index (χ3v) is 4.95. The number of benzene rings is 2. The molecule has 146 valence electrons. The van der Waals surface area contributed by atoms with Gasteiger partial charge in [-0.1, -0.05) is 24.3 Å². The maximum absolute atomic E-state index is 13.2. The first-order valence-electron chi connectivity index (χ1n) is 12.8. The first-order valence-corrected chi connectivity index (χ1v) is 8.83. The Labute approximate surface area is 171 Å². The maximum atomic E-state index is 13.2. The molecule has 1 atom stereocenters. The Hall–Kier alpha value is -2.11. The lowest BCUT2D eigenvalue weighted by Crippen LogP contribution is -2.36. The predicted molar refractivity (Wildman–Crippen MR) is 104 cm³/mol. The zero-order chi connectivity index (χ0) is 26.0. The van der Waals surface area contributed by atoms with Crippen molar-refractivity contribution in [2.75, 3.05) is 33.7 Å². The highest BCUT2D eigenvalue weighted by Crippen LogP contribution is 2.39. The molecule has 2 aromatic carbocycles. The van der Waals surface area contributed by atoms with Crippen molar-refractivity contribution in [2.24, 2.45) is 5.92 Å². The number of para-hydroxylation sites is 1. The van der Waals surface area contributed by atoms with Gasteiger partial charge in [0.05, 0.1) is 28.4 Å². The molecule has 0 amide bonds. The zero-order valence-electron chi connectivity index (χ0n) is 22.8. The topological polar surface area (TPSA) is 41.9 Å². The highest BCUT2D eigenvalue weighted by atomic mass is 19.1. The number of ether oxygens (including phenoxy) is 2. The average molecular weight is 382 g/mol. The summed E-state index contributed by atoms with van der Waals surface area (Å²) < 4.78 is 84.4. The molecular formula is C22H28FNO3. The Morgan fingerprint density at radius 3 is 2.63 bits per heavy atom. The minimum absolute atomic E-state index is 0.0750. The molecule has 1 fully saturated rings. The fraction of sp³-hybridized carbons (Fsp3) is 0.455. The SMILES string of the molecule is [2H]C([2H])([2H])Oc1cccc([C@H](O)C2CCN(C([2H])([2H])Cc3ccc(F)cc3)CC2)c1OC([2H])([2H])[2H]. The van der Waals surface area contributed by atoms with E-state index in [2.05, 4.69) is 0 Å². The van der Waals surface area contributed by atoms with Crippen LogP contribution in [0.4, 0.5) is 4.39 Å². The first-order chi connectivity index (χ1) is 16.1. The minimum atomic E-state index is -2.90. The van der Waals surface area contributed by atoms with Gasteiger partial charge in [0.1, 0.15) is 5.82 Å². The van der Waals surface area contributed by atoms with E-state index in [1.807, 2.05) is 0 Å². The van der Waals surface area contributed by atoms with Crippen molar-refractivity contribution in [3.05, 3.63) is 59.4 Å². The second-order valence-electron chi connectivity index (χ2n) is 6.61. The number of aliphatic hydroxyl groups excluding tert-OH is 1. The summed E-state index contributed by atoms with van der Waals surface area (Å²) in [6.45, 7) is -1.02. The Morgan fingerprint density at radius 2 is 1.93 bits per heavy atom. The van der Waals surface area contributed by atoms with Crippen molar-refractivity contribution in [1.82, 2.24) is 4.90 Å². The van der Waals surface area contributed by atoms with Gasteiger partial charge in [0, 0.05) is 14.8 Å². The predicted octanol–water partition coefficient (Wildman–Crippen LogP) is 3.83. The molecule has 0 unspecified atom stereocenters. The van der Waals surface area contributed by atoms with Crippen molar-refractivity contribution in [1.29, 1.82) is 0 Å². The zero-order valence-corrected chi connectivity index (χ0v) is 14.8. The van der Waals surface area contributed by atoms with Crippen molar-refractivity contribution >= 4 is 0 Å². The lowest BCUT2D eigenvalue weighted by atomic mass is 9.87. The van der Waals surface area contributed by atoms with Gasteiger partial charge >= 0.3 is 0 Å². The van der Waals surface area contributed by atoms with E-state index in [1.165, 1.54) is 30.3 Å². The summed E-state index contributed by atoms with van der Waals surface area (Å²) in [7, 11) is -5.75. The maximum Gasteiger partial charge on any atom is 0.166 e. The van der Waals surface area contributed by atoms with Crippen molar-refractivity contribution in [3.63, 3.8) is 0 Å². The van der Waals surface area contributed by atoms with Crippen LogP contribution >= 0.6 is 0 Å². The van der Waals surface area contributed by atoms with Crippen LogP contribution in [-0.4, -0.2) is 43.7 Å². The number of halogens is 1. The lowest BCUT2D eigenvalue weighted by molar-refractivity contribution is 0.0573. The molecule has 3 rings (SSSR count). The standard InChI is InChI=1S/C22H28FNO3/c1-26-20-5-3-4-19(22(20)27-2)21(25)17-11-14-24(15-12-17)13-10-16-6-8-18(23)9-7-16/h3-9,17,21,25H,10-15H2,1-2H3/t21-/m1/s1/i1D3,2D3,13D2. The van der Waals surface area contributed by atoms with Gasteiger partial charge in [-0.2, -0.15) is 0 Å². The summed E-state index contributed by atoms with van der Waals surface area (Å²) in [5.41, 5.74) is 0.756. The van der Waals surface area contributed by atoms with E-state index in [-0.39, 0.29) is 35.2 Å². The molecule has 4 nitrogen and oxygen atoms in total. The van der Waals surface area contributed by atoms with Gasteiger partial charge < -0.3 is 19.5 Å². The normalized spacial score (nSPS) is 22.7. The quantitative estimate of drug-likeness (QED) is 0.791. The number of nitrogens with zero attached hydrogens (tertiary/aromatic N) is 1. The molecule has 0 radical (unpaired) electrons. The van der Waals surface area contributed by atoms with Crippen LogP contribution < -0.4 is 9.47 Å². The molecule has 1 aliphatic heterocycles. The summed E-state index contributed by atoms with van der Waals surface area (Å²) in [5.74, 6) is -1.41. The molecule has 5 heteroatoms. The van der Waals surface area contributed by atoms with E-state index < -0.39 is 26.7 Å². The molecule has 0 aliphatic carbocycles. The first kappa shape index (κ1) is 11.7. The van der Waals surface area contributed by atoms with Gasteiger partial charge in [-0.05, 0) is 62.0 Å². The molecule has 1 N–H and O–H groups in total. The van der Waals surface area contributed by atoms with Crippen LogP contribution in [0.1, 0.15) is 41.0 Å². The van der Waals surface area contributed by atoms with Crippen molar-refractivity contribution < 1.29 is 29.9 Å². The average Bonchev–Trinajstić information content (AvgIpc) is 2.74. The number of aliphatic hydroxyl groups is 1. The van der Waals surface area contributed by atoms with Crippen LogP contribution in [0.5, 0.6) is 11.5 Å². The van der Waals surface area contributed by atoms with Gasteiger partial charge in [-0.25, -0.2) is 4.39 Å². The molecule has 27 heavy (non-hydrogen) atoms. The van der Waals surface area contributed by atoms with Crippen LogP contribution in [0.2, 0.25) is 0 Å². The Balaban J connectivity index is 1.74. The third-order valence-electron chi connectivity index (χ3n) is 4.95. The molecule has 1 heterocycles. The number of piperidine rings is 1. The van der Waals surface area contributed by atoms with Gasteiger partial charge in [-0.3, -0.25) is 0 Å². The monoisotopic (exact) mass is 381 g/mol. The van der Waals surface area contributed by atoms with Crippen molar-refractivity contribution in [2.45, 2.75) is 25.4 Å². The fourth-order valence-corrected chi connectivity index (χ4v) is 3.39. The number of hydrogen-bond donors (Lipinski definition) is 1. The van der Waals surface area contributed by atoms with Crippen molar-refractivity contribution in [3.8, 4) is 11.5 Å². The Kier molecular flexibility index (Phi) is 3.98. The second-order valence-corrected chi connectivity index (χ2v) is 6.61. The number of likely N-dealkylation sites (tertiary alicyclic amines) is 1. The molecule has 0 aromatic heterocycles. The summed E-state index contributed by atoms with van der Waals surface area (Å²) >= 11 is 0. The minimum Gasteiger partial charge on any atom is -0.493 e. The molecule has 0 bridgehead atoms. The molecule has 0 spiro atoms. The number of rotatable bonds is 7. The van der Waals surface area contributed by atoms with E-state index >= 15 is 0 Å². The smallest absolute Gasteiger partial charge is 0.166 e. The number of methoxy groups -OCH3 is 2. The molecule has 2 aromatic rings. The lowest BCUT2D eigenvalue weighted by Gasteiger charge is -2.34. The molecular weight excluding hydrogens is 345 g/mol. The van der Waals surface area contributed by atoms with E-state index in [9.17, 15) is 9.50 Å². The number of hydrogen-bond acceptors (Lipinski definition) is 4. The van der Waals surface area contributed by atoms with E-state index in [0.717, 1.165) is 0 Å². The van der Waals surface area contributed by atoms with Crippen LogP contribution in [0.15, 0.2) is 42.5 Å². The molecule has 1 aliphatic rings. The van der Waals surface area contributed by atoms with Crippen LogP contribution in [0.25, 0.3) is 0 Å². The van der Waals surface area contributed by atoms with Gasteiger partial charge in [0.15, 0.2) is 11.5 Å². The van der Waals surface area contributed by atoms with E-state index in [0.29, 0.717) is 31.5 Å². The Bertz CT molecular complexity index is 990. The highest BCUT2D eigenvalue weighted by Gasteiger charge is 2.28. The van der Waals surface area contributed by atoms with Gasteiger partial charge in [-0.15, -0.1) is 0 Å². The summed E-state index contributed by atoms with van der Waals surface area (Å²) in [5, 5.41) is 11.1. The second kappa shape index (κ2) is 9.20. The third kappa shape index (κ3) is 4.79. The molecule has 0 saturated carbocycles. The van der Waals surface area contributed by atoms with Gasteiger partial charge in [0.25, 0.3) is 0 Å². The molecule has 1 saturated heterocycles. The van der Waals surface area contributed by atoms with Crippen LogP contribution in [0.3, 0.4) is 0 Å². The van der Waals surface area contributed by atoms with Crippen LogP contribution in [-0.2, 0) is 6.42 Å². The van der Waals surface area contributed by atoms with Crippen LogP contribution in [0, 0.1) is 11.7 Å². The van der Waals surface area contributed by atoms with E-state index in [1.54, 1.807) is 17.0 Å². The van der Waals surface area contributed by atoms with E-state index in [4.69, 9.17) is 20.4 Å². The highest BCUT2D eigenvalue weighted by molar-refractivity contribution is 5.47.